The molecule has 1 aromatic heterocycles. The highest BCUT2D eigenvalue weighted by molar-refractivity contribution is 5.80. The number of hydrogen-bond acceptors (Lipinski definition) is 4. The average Bonchev–Trinajstić information content (AvgIpc) is 2.53. The Morgan fingerprint density at radius 3 is 2.92 bits per heavy atom. The summed E-state index contributed by atoms with van der Waals surface area (Å²) in [5.74, 6) is 0.519. The first-order valence-corrected chi connectivity index (χ1v) is 4.25. The van der Waals surface area contributed by atoms with Gasteiger partial charge in [0.25, 0.3) is 0 Å². The van der Waals surface area contributed by atoms with Gasteiger partial charge in [0.15, 0.2) is 5.96 Å². The summed E-state index contributed by atoms with van der Waals surface area (Å²) >= 11 is 0. The van der Waals surface area contributed by atoms with E-state index in [1.54, 1.807) is 0 Å². The molecule has 0 aliphatic carbocycles. The highest BCUT2D eigenvalue weighted by Crippen LogP contribution is 2.15. The minimum absolute atomic E-state index is 0.202. The average molecular weight is 176 g/mol. The van der Waals surface area contributed by atoms with Crippen LogP contribution in [-0.4, -0.2) is 17.5 Å². The second-order valence-electron chi connectivity index (χ2n) is 3.16. The van der Waals surface area contributed by atoms with Crippen LogP contribution in [0.3, 0.4) is 0 Å². The van der Waals surface area contributed by atoms with Crippen molar-refractivity contribution in [2.75, 3.05) is 6.54 Å². The molecule has 0 amide bonds. The van der Waals surface area contributed by atoms with Gasteiger partial charge in [-0.2, -0.15) is 0 Å². The van der Waals surface area contributed by atoms with Crippen LogP contribution in [0, 0.1) is 6.92 Å². The standard InChI is InChI=1S/C9H12N4/c1-6-2-3-7(4-11-6)8-5-12-9(10)13-8/h2-4,8H,5H2,1H3,(H3,10,12,13). The monoisotopic (exact) mass is 176 g/mol. The number of hydrogen-bond donors (Lipinski definition) is 2. The molecule has 2 rings (SSSR count). The van der Waals surface area contributed by atoms with Crippen molar-refractivity contribution in [1.82, 2.24) is 10.3 Å². The van der Waals surface area contributed by atoms with E-state index in [9.17, 15) is 0 Å². The fraction of sp³-hybridized carbons (Fsp3) is 0.333. The van der Waals surface area contributed by atoms with E-state index in [4.69, 9.17) is 5.73 Å². The molecule has 0 fully saturated rings. The van der Waals surface area contributed by atoms with E-state index in [2.05, 4.69) is 15.3 Å². The van der Waals surface area contributed by atoms with Crippen LogP contribution < -0.4 is 11.1 Å². The largest absolute Gasteiger partial charge is 0.370 e. The first kappa shape index (κ1) is 8.04. The molecule has 1 atom stereocenters. The van der Waals surface area contributed by atoms with Crippen molar-refractivity contribution < 1.29 is 0 Å². The van der Waals surface area contributed by atoms with E-state index < -0.39 is 0 Å². The Morgan fingerprint density at radius 2 is 2.38 bits per heavy atom. The highest BCUT2D eigenvalue weighted by atomic mass is 15.2. The minimum Gasteiger partial charge on any atom is -0.370 e. The normalized spacial score (nSPS) is 21.0. The number of aromatic nitrogens is 1. The van der Waals surface area contributed by atoms with Crippen molar-refractivity contribution >= 4 is 5.96 Å². The minimum atomic E-state index is 0.202. The number of pyridine rings is 1. The van der Waals surface area contributed by atoms with Crippen LogP contribution in [0.25, 0.3) is 0 Å². The van der Waals surface area contributed by atoms with Crippen molar-refractivity contribution in [3.05, 3.63) is 29.6 Å². The molecule has 13 heavy (non-hydrogen) atoms. The number of aryl methyl sites for hydroxylation is 1. The second kappa shape index (κ2) is 3.05. The van der Waals surface area contributed by atoms with Gasteiger partial charge in [0.2, 0.25) is 0 Å². The lowest BCUT2D eigenvalue weighted by Crippen LogP contribution is -2.29. The van der Waals surface area contributed by atoms with Gasteiger partial charge < -0.3 is 11.1 Å². The van der Waals surface area contributed by atoms with Crippen LogP contribution in [0.4, 0.5) is 0 Å². The summed E-state index contributed by atoms with van der Waals surface area (Å²) in [5, 5.41) is 3.08. The van der Waals surface area contributed by atoms with Crippen molar-refractivity contribution in [2.24, 2.45) is 10.7 Å². The molecule has 1 aromatic rings. The molecule has 0 radical (unpaired) electrons. The Kier molecular flexibility index (Phi) is 1.88. The van der Waals surface area contributed by atoms with Crippen molar-refractivity contribution in [3.63, 3.8) is 0 Å². The van der Waals surface area contributed by atoms with E-state index >= 15 is 0 Å². The fourth-order valence-corrected chi connectivity index (χ4v) is 1.33. The zero-order valence-electron chi connectivity index (χ0n) is 7.49. The van der Waals surface area contributed by atoms with Gasteiger partial charge in [-0.05, 0) is 18.6 Å². The van der Waals surface area contributed by atoms with Crippen LogP contribution in [0.1, 0.15) is 17.3 Å². The molecule has 0 bridgehead atoms. The lowest BCUT2D eigenvalue weighted by Gasteiger charge is -2.09. The van der Waals surface area contributed by atoms with Crippen LogP contribution in [0.5, 0.6) is 0 Å². The maximum absolute atomic E-state index is 5.51. The summed E-state index contributed by atoms with van der Waals surface area (Å²) < 4.78 is 0. The molecule has 2 heterocycles. The van der Waals surface area contributed by atoms with Crippen molar-refractivity contribution in [2.45, 2.75) is 13.0 Å². The number of aliphatic imine (C=N–C) groups is 1. The summed E-state index contributed by atoms with van der Waals surface area (Å²) in [6.07, 6.45) is 1.86. The SMILES string of the molecule is Cc1ccc(C2CN=C(N)N2)cn1. The lowest BCUT2D eigenvalue weighted by atomic mass is 10.1. The van der Waals surface area contributed by atoms with E-state index in [1.807, 2.05) is 25.3 Å². The fourth-order valence-electron chi connectivity index (χ4n) is 1.33. The molecular formula is C9H12N4. The maximum atomic E-state index is 5.51. The molecule has 4 nitrogen and oxygen atoms in total. The van der Waals surface area contributed by atoms with Crippen LogP contribution in [0.2, 0.25) is 0 Å². The summed E-state index contributed by atoms with van der Waals surface area (Å²) in [6, 6.07) is 4.24. The molecule has 1 aliphatic heterocycles. The molecule has 1 unspecified atom stereocenters. The van der Waals surface area contributed by atoms with E-state index in [0.717, 1.165) is 11.3 Å². The predicted octanol–water partition coefficient (Wildman–Crippen LogP) is 0.349. The van der Waals surface area contributed by atoms with Crippen LogP contribution in [0.15, 0.2) is 23.3 Å². The Labute approximate surface area is 76.9 Å². The summed E-state index contributed by atoms with van der Waals surface area (Å²) in [5.41, 5.74) is 7.67. The molecule has 0 aromatic carbocycles. The lowest BCUT2D eigenvalue weighted by molar-refractivity contribution is 0.703. The third kappa shape index (κ3) is 1.61. The van der Waals surface area contributed by atoms with E-state index in [-0.39, 0.29) is 6.04 Å². The van der Waals surface area contributed by atoms with Crippen molar-refractivity contribution in [3.8, 4) is 0 Å². The number of guanidine groups is 1. The van der Waals surface area contributed by atoms with E-state index in [0.29, 0.717) is 12.5 Å². The Hall–Kier alpha value is -1.58. The number of nitrogens with zero attached hydrogens (tertiary/aromatic N) is 2. The van der Waals surface area contributed by atoms with Crippen LogP contribution >= 0.6 is 0 Å². The van der Waals surface area contributed by atoms with E-state index in [1.165, 1.54) is 0 Å². The van der Waals surface area contributed by atoms with Gasteiger partial charge in [-0.1, -0.05) is 6.07 Å². The van der Waals surface area contributed by atoms with Crippen LogP contribution in [-0.2, 0) is 0 Å². The van der Waals surface area contributed by atoms with Gasteiger partial charge in [-0.3, -0.25) is 9.98 Å². The quantitative estimate of drug-likeness (QED) is 0.649. The summed E-state index contributed by atoms with van der Waals surface area (Å²) in [6.45, 7) is 2.67. The Bertz CT molecular complexity index is 328. The first-order valence-electron chi connectivity index (χ1n) is 4.25. The van der Waals surface area contributed by atoms with Gasteiger partial charge in [0.1, 0.15) is 0 Å². The predicted molar refractivity (Wildman–Crippen MR) is 51.3 cm³/mol. The zero-order valence-corrected chi connectivity index (χ0v) is 7.49. The second-order valence-corrected chi connectivity index (χ2v) is 3.16. The maximum Gasteiger partial charge on any atom is 0.189 e. The molecule has 0 spiro atoms. The molecule has 0 saturated heterocycles. The van der Waals surface area contributed by atoms with Gasteiger partial charge in [-0.15, -0.1) is 0 Å². The zero-order chi connectivity index (χ0) is 9.26. The number of nitrogens with two attached hydrogens (primary N) is 1. The number of nitrogens with one attached hydrogen (secondary N) is 1. The van der Waals surface area contributed by atoms with Gasteiger partial charge >= 0.3 is 0 Å². The molecular weight excluding hydrogens is 164 g/mol. The molecule has 3 N–H and O–H groups in total. The number of rotatable bonds is 1. The summed E-state index contributed by atoms with van der Waals surface area (Å²) in [7, 11) is 0. The smallest absolute Gasteiger partial charge is 0.189 e. The third-order valence-electron chi connectivity index (χ3n) is 2.10. The Balaban J connectivity index is 2.14. The first-order chi connectivity index (χ1) is 6.25. The third-order valence-corrected chi connectivity index (χ3v) is 2.10. The molecule has 1 aliphatic rings. The molecule has 4 heteroatoms. The van der Waals surface area contributed by atoms with Crippen molar-refractivity contribution in [1.29, 1.82) is 0 Å². The Morgan fingerprint density at radius 1 is 1.54 bits per heavy atom. The summed E-state index contributed by atoms with van der Waals surface area (Å²) in [4.78, 5) is 8.29. The molecule has 68 valence electrons. The highest BCUT2D eigenvalue weighted by Gasteiger charge is 2.16. The van der Waals surface area contributed by atoms with Gasteiger partial charge in [0, 0.05) is 11.9 Å². The topological polar surface area (TPSA) is 63.3 Å². The van der Waals surface area contributed by atoms with Gasteiger partial charge in [0.05, 0.1) is 12.6 Å². The van der Waals surface area contributed by atoms with Gasteiger partial charge in [-0.25, -0.2) is 0 Å². The molecule has 0 saturated carbocycles.